The maximum Gasteiger partial charge on any atom is 0.419 e. The van der Waals surface area contributed by atoms with Gasteiger partial charge in [-0.25, -0.2) is 9.18 Å². The minimum atomic E-state index is -4.83. The molecular weight excluding hydrogens is 484 g/mol. The molecule has 1 heterocycles. The number of hydrogen-bond acceptors (Lipinski definition) is 3. The van der Waals surface area contributed by atoms with E-state index >= 15 is 0 Å². The lowest BCUT2D eigenvalue weighted by Gasteiger charge is -2.37. The van der Waals surface area contributed by atoms with Crippen molar-refractivity contribution in [3.8, 4) is 0 Å². The minimum Gasteiger partial charge on any atom is -0.388 e. The molecule has 200 valence electrons. The molecule has 3 atom stereocenters. The van der Waals surface area contributed by atoms with Crippen LogP contribution >= 0.6 is 0 Å². The first-order valence-corrected chi connectivity index (χ1v) is 13.1. The van der Waals surface area contributed by atoms with E-state index in [-0.39, 0.29) is 17.1 Å². The standard InChI is InChI=1S/C28H34F4N4O/c1-33-21-6-4-5-19(15-21)27-10-9-23(16-20(27)18-27)36(14-13-35-11-2-3-12-35)26(37)34-22-7-8-25(29)24(17-22)28(30,31)32/h4-8,15,17,20,23,33H,2-3,9-14,16,18H2,1H3,(H,34,37)/t20?,23-,27-/m1/s1. The highest BCUT2D eigenvalue weighted by Gasteiger charge is 2.58. The fourth-order valence-corrected chi connectivity index (χ4v) is 6.35. The number of likely N-dealkylation sites (tertiary alicyclic amines) is 1. The van der Waals surface area contributed by atoms with Gasteiger partial charge in [-0.2, -0.15) is 13.2 Å². The normalized spacial score (nSPS) is 25.4. The van der Waals surface area contributed by atoms with E-state index in [1.165, 1.54) is 11.6 Å². The third kappa shape index (κ3) is 5.42. The van der Waals surface area contributed by atoms with Crippen LogP contribution < -0.4 is 10.6 Å². The summed E-state index contributed by atoms with van der Waals surface area (Å²) >= 11 is 0. The van der Waals surface area contributed by atoms with Gasteiger partial charge in [0.15, 0.2) is 0 Å². The van der Waals surface area contributed by atoms with Crippen LogP contribution in [0.3, 0.4) is 0 Å². The number of nitrogens with zero attached hydrogens (tertiary/aromatic N) is 2. The number of anilines is 2. The Bertz CT molecular complexity index is 1130. The molecule has 5 nitrogen and oxygen atoms in total. The first kappa shape index (κ1) is 25.8. The second-order valence-electron chi connectivity index (χ2n) is 10.7. The summed E-state index contributed by atoms with van der Waals surface area (Å²) in [5.41, 5.74) is 1.15. The van der Waals surface area contributed by atoms with E-state index in [9.17, 15) is 22.4 Å². The number of benzene rings is 2. The van der Waals surface area contributed by atoms with Crippen LogP contribution in [0.15, 0.2) is 42.5 Å². The topological polar surface area (TPSA) is 47.6 Å². The van der Waals surface area contributed by atoms with E-state index < -0.39 is 23.6 Å². The van der Waals surface area contributed by atoms with Crippen molar-refractivity contribution in [3.63, 3.8) is 0 Å². The van der Waals surface area contributed by atoms with Crippen LogP contribution in [0.5, 0.6) is 0 Å². The third-order valence-electron chi connectivity index (χ3n) is 8.52. The summed E-state index contributed by atoms with van der Waals surface area (Å²) in [7, 11) is 1.91. The number of alkyl halides is 3. The van der Waals surface area contributed by atoms with Crippen LogP contribution in [0.2, 0.25) is 0 Å². The lowest BCUT2D eigenvalue weighted by Crippen LogP contribution is -2.48. The fourth-order valence-electron chi connectivity index (χ4n) is 6.35. The van der Waals surface area contributed by atoms with Crippen molar-refractivity contribution in [1.82, 2.24) is 9.80 Å². The van der Waals surface area contributed by atoms with E-state index in [0.717, 1.165) is 69.9 Å². The van der Waals surface area contributed by atoms with Crippen LogP contribution in [0.4, 0.5) is 33.7 Å². The minimum absolute atomic E-state index is 0.0123. The third-order valence-corrected chi connectivity index (χ3v) is 8.52. The summed E-state index contributed by atoms with van der Waals surface area (Å²) in [6.45, 7) is 3.25. The van der Waals surface area contributed by atoms with Gasteiger partial charge in [0.05, 0.1) is 5.56 Å². The second kappa shape index (κ2) is 10.2. The Kier molecular flexibility index (Phi) is 7.09. The van der Waals surface area contributed by atoms with Crippen molar-refractivity contribution < 1.29 is 22.4 Å². The molecule has 0 radical (unpaired) electrons. The number of hydrogen-bond donors (Lipinski definition) is 2. The van der Waals surface area contributed by atoms with Crippen LogP contribution in [0.1, 0.15) is 49.7 Å². The Morgan fingerprint density at radius 1 is 1.14 bits per heavy atom. The van der Waals surface area contributed by atoms with Gasteiger partial charge in [-0.3, -0.25) is 0 Å². The van der Waals surface area contributed by atoms with Gasteiger partial charge in [0, 0.05) is 37.6 Å². The lowest BCUT2D eigenvalue weighted by molar-refractivity contribution is -0.139. The van der Waals surface area contributed by atoms with E-state index in [4.69, 9.17) is 0 Å². The molecule has 1 aliphatic heterocycles. The van der Waals surface area contributed by atoms with Gasteiger partial charge in [0.25, 0.3) is 0 Å². The van der Waals surface area contributed by atoms with Gasteiger partial charge >= 0.3 is 12.2 Å². The zero-order valence-corrected chi connectivity index (χ0v) is 21.1. The SMILES string of the molecule is CNc1cccc([C@]23CC[C@@H](N(CCN4CCCC4)C(=O)Nc4ccc(F)c(C(F)(F)F)c4)CC2C3)c1. The van der Waals surface area contributed by atoms with Gasteiger partial charge in [-0.05, 0) is 98.8 Å². The largest absolute Gasteiger partial charge is 0.419 e. The summed E-state index contributed by atoms with van der Waals surface area (Å²) in [6.07, 6.45) is 1.22. The van der Waals surface area contributed by atoms with Crippen molar-refractivity contribution in [3.05, 3.63) is 59.4 Å². The van der Waals surface area contributed by atoms with E-state index in [1.54, 1.807) is 4.90 Å². The van der Waals surface area contributed by atoms with Crippen molar-refractivity contribution >= 4 is 17.4 Å². The fraction of sp³-hybridized carbons (Fsp3) is 0.536. The average molecular weight is 519 g/mol. The Morgan fingerprint density at radius 3 is 2.62 bits per heavy atom. The molecule has 2 saturated carbocycles. The van der Waals surface area contributed by atoms with Gasteiger partial charge in [0.1, 0.15) is 5.82 Å². The highest BCUT2D eigenvalue weighted by molar-refractivity contribution is 5.89. The molecule has 3 aliphatic rings. The van der Waals surface area contributed by atoms with Crippen LogP contribution in [0, 0.1) is 11.7 Å². The summed E-state index contributed by atoms with van der Waals surface area (Å²) < 4.78 is 53.4. The number of urea groups is 1. The zero-order valence-electron chi connectivity index (χ0n) is 21.1. The predicted molar refractivity (Wildman–Crippen MR) is 136 cm³/mol. The molecule has 5 rings (SSSR count). The highest BCUT2D eigenvalue weighted by atomic mass is 19.4. The first-order valence-electron chi connectivity index (χ1n) is 13.1. The summed E-state index contributed by atoms with van der Waals surface area (Å²) in [5.74, 6) is -0.876. The predicted octanol–water partition coefficient (Wildman–Crippen LogP) is 6.33. The molecule has 2 aliphatic carbocycles. The van der Waals surface area contributed by atoms with Crippen molar-refractivity contribution in [2.24, 2.45) is 5.92 Å². The smallest absolute Gasteiger partial charge is 0.388 e. The van der Waals surface area contributed by atoms with Crippen LogP contribution in [-0.4, -0.2) is 55.1 Å². The van der Waals surface area contributed by atoms with Crippen LogP contribution in [-0.2, 0) is 11.6 Å². The molecule has 0 aromatic heterocycles. The lowest BCUT2D eigenvalue weighted by atomic mass is 9.80. The molecule has 2 aromatic carbocycles. The van der Waals surface area contributed by atoms with Gasteiger partial charge in [0.2, 0.25) is 0 Å². The number of amides is 2. The van der Waals surface area contributed by atoms with Gasteiger partial charge in [-0.15, -0.1) is 0 Å². The van der Waals surface area contributed by atoms with E-state index in [1.807, 2.05) is 13.1 Å². The molecular formula is C28H34F4N4O. The van der Waals surface area contributed by atoms with E-state index in [2.05, 4.69) is 33.7 Å². The second-order valence-corrected chi connectivity index (χ2v) is 10.7. The van der Waals surface area contributed by atoms with Crippen molar-refractivity contribution in [2.75, 3.05) is 43.9 Å². The number of fused-ring (bicyclic) bond motifs is 1. The number of halogens is 4. The Hall–Kier alpha value is -2.81. The summed E-state index contributed by atoms with van der Waals surface area (Å²) in [5, 5.41) is 5.84. The molecule has 9 heteroatoms. The molecule has 0 bridgehead atoms. The highest BCUT2D eigenvalue weighted by Crippen LogP contribution is 2.63. The first-order chi connectivity index (χ1) is 17.7. The summed E-state index contributed by atoms with van der Waals surface area (Å²) in [4.78, 5) is 17.6. The Balaban J connectivity index is 1.31. The number of rotatable bonds is 7. The maximum atomic E-state index is 13.8. The van der Waals surface area contributed by atoms with Gasteiger partial charge in [-0.1, -0.05) is 12.1 Å². The molecule has 2 amide bonds. The summed E-state index contributed by atoms with van der Waals surface area (Å²) in [6, 6.07) is 10.7. The molecule has 0 spiro atoms. The monoisotopic (exact) mass is 518 g/mol. The van der Waals surface area contributed by atoms with Crippen LogP contribution in [0.25, 0.3) is 0 Å². The molecule has 1 unspecified atom stereocenters. The molecule has 37 heavy (non-hydrogen) atoms. The van der Waals surface area contributed by atoms with Gasteiger partial charge < -0.3 is 20.4 Å². The molecule has 1 saturated heterocycles. The average Bonchev–Trinajstić information content (AvgIpc) is 3.39. The number of nitrogens with one attached hydrogen (secondary N) is 2. The van der Waals surface area contributed by atoms with Crippen molar-refractivity contribution in [2.45, 2.75) is 56.2 Å². The van der Waals surface area contributed by atoms with Crippen molar-refractivity contribution in [1.29, 1.82) is 0 Å². The zero-order chi connectivity index (χ0) is 26.2. The maximum absolute atomic E-state index is 13.8. The molecule has 2 N–H and O–H groups in total. The number of carbonyl (C=O) groups excluding carboxylic acids is 1. The van der Waals surface area contributed by atoms with E-state index in [0.29, 0.717) is 18.5 Å². The quantitative estimate of drug-likeness (QED) is 0.422. The number of carbonyl (C=O) groups is 1. The Labute approximate surface area is 215 Å². The Morgan fingerprint density at radius 2 is 1.92 bits per heavy atom. The molecule has 3 fully saturated rings. The molecule has 2 aromatic rings.